The summed E-state index contributed by atoms with van der Waals surface area (Å²) in [6, 6.07) is 0. The van der Waals surface area contributed by atoms with E-state index in [0.717, 1.165) is 26.2 Å². The van der Waals surface area contributed by atoms with Gasteiger partial charge in [-0.05, 0) is 26.3 Å². The molecule has 4 nitrogen and oxygen atoms in total. The lowest BCUT2D eigenvalue weighted by Gasteiger charge is -2.33. The standard InChI is InChI=1S/C11H23N3O/c1-3-15-10-5-4-6-14(8-10)7-9(2)11(12)13/h9-10H,3-8H2,1-2H3,(H3,12,13). The van der Waals surface area contributed by atoms with Gasteiger partial charge in [-0.25, -0.2) is 0 Å². The van der Waals surface area contributed by atoms with E-state index in [1.165, 1.54) is 12.8 Å². The van der Waals surface area contributed by atoms with Crippen LogP contribution in [0.2, 0.25) is 0 Å². The largest absolute Gasteiger partial charge is 0.387 e. The Bertz CT molecular complexity index is 206. The summed E-state index contributed by atoms with van der Waals surface area (Å²) in [4.78, 5) is 2.36. The van der Waals surface area contributed by atoms with E-state index >= 15 is 0 Å². The SMILES string of the molecule is CCOC1CCCN(CC(C)C(=N)N)C1. The summed E-state index contributed by atoms with van der Waals surface area (Å²) in [6.07, 6.45) is 2.73. The smallest absolute Gasteiger partial charge is 0.0947 e. The Labute approximate surface area is 92.3 Å². The lowest BCUT2D eigenvalue weighted by atomic mass is 10.1. The Kier molecular flexibility index (Phi) is 5.05. The van der Waals surface area contributed by atoms with Crippen molar-refractivity contribution in [3.05, 3.63) is 0 Å². The van der Waals surface area contributed by atoms with Crippen molar-refractivity contribution in [1.82, 2.24) is 4.90 Å². The number of rotatable bonds is 5. The molecule has 1 heterocycles. The van der Waals surface area contributed by atoms with Gasteiger partial charge in [0.25, 0.3) is 0 Å². The summed E-state index contributed by atoms with van der Waals surface area (Å²) in [7, 11) is 0. The number of nitrogens with zero attached hydrogens (tertiary/aromatic N) is 1. The molecule has 0 aromatic carbocycles. The number of likely N-dealkylation sites (tertiary alicyclic amines) is 1. The van der Waals surface area contributed by atoms with Crippen molar-refractivity contribution in [2.75, 3.05) is 26.2 Å². The second kappa shape index (κ2) is 6.08. The van der Waals surface area contributed by atoms with Gasteiger partial charge in [-0.15, -0.1) is 0 Å². The fourth-order valence-corrected chi connectivity index (χ4v) is 2.04. The molecule has 1 fully saturated rings. The van der Waals surface area contributed by atoms with Crippen LogP contribution in [0.5, 0.6) is 0 Å². The Morgan fingerprint density at radius 2 is 2.40 bits per heavy atom. The summed E-state index contributed by atoms with van der Waals surface area (Å²) >= 11 is 0. The zero-order valence-corrected chi connectivity index (χ0v) is 9.83. The van der Waals surface area contributed by atoms with Gasteiger partial charge in [-0.1, -0.05) is 6.92 Å². The summed E-state index contributed by atoms with van der Waals surface area (Å²) in [5.74, 6) is 0.443. The number of hydrogen-bond donors (Lipinski definition) is 2. The molecule has 4 heteroatoms. The van der Waals surface area contributed by atoms with Crippen LogP contribution in [-0.2, 0) is 4.74 Å². The van der Waals surface area contributed by atoms with Crippen molar-refractivity contribution in [2.24, 2.45) is 11.7 Å². The predicted molar refractivity (Wildman–Crippen MR) is 62.2 cm³/mol. The molecule has 1 saturated heterocycles. The number of piperidine rings is 1. The zero-order chi connectivity index (χ0) is 11.3. The first-order chi connectivity index (χ1) is 7.13. The van der Waals surface area contributed by atoms with Crippen LogP contribution in [0.1, 0.15) is 26.7 Å². The third-order valence-corrected chi connectivity index (χ3v) is 2.93. The van der Waals surface area contributed by atoms with E-state index in [4.69, 9.17) is 15.9 Å². The molecule has 1 rings (SSSR count). The summed E-state index contributed by atoms with van der Waals surface area (Å²) < 4.78 is 5.63. The molecule has 0 aromatic rings. The summed E-state index contributed by atoms with van der Waals surface area (Å²) in [5.41, 5.74) is 5.47. The monoisotopic (exact) mass is 213 g/mol. The number of ether oxygens (including phenoxy) is 1. The topological polar surface area (TPSA) is 62.3 Å². The van der Waals surface area contributed by atoms with E-state index in [2.05, 4.69) is 4.90 Å². The maximum absolute atomic E-state index is 7.37. The minimum atomic E-state index is 0.158. The third-order valence-electron chi connectivity index (χ3n) is 2.93. The van der Waals surface area contributed by atoms with E-state index in [9.17, 15) is 0 Å². The Morgan fingerprint density at radius 3 is 3.00 bits per heavy atom. The van der Waals surface area contributed by atoms with Crippen LogP contribution >= 0.6 is 0 Å². The van der Waals surface area contributed by atoms with Crippen molar-refractivity contribution >= 4 is 5.84 Å². The van der Waals surface area contributed by atoms with Gasteiger partial charge in [0.2, 0.25) is 0 Å². The molecule has 3 N–H and O–H groups in total. The fourth-order valence-electron chi connectivity index (χ4n) is 2.04. The van der Waals surface area contributed by atoms with Crippen LogP contribution in [0.4, 0.5) is 0 Å². The molecule has 0 spiro atoms. The Hall–Kier alpha value is -0.610. The van der Waals surface area contributed by atoms with E-state index < -0.39 is 0 Å². The zero-order valence-electron chi connectivity index (χ0n) is 9.83. The maximum Gasteiger partial charge on any atom is 0.0947 e. The van der Waals surface area contributed by atoms with Crippen molar-refractivity contribution < 1.29 is 4.74 Å². The molecule has 1 aliphatic rings. The predicted octanol–water partition coefficient (Wildman–Crippen LogP) is 1.06. The molecule has 0 radical (unpaired) electrons. The van der Waals surface area contributed by atoms with Gasteiger partial charge in [0.15, 0.2) is 0 Å². The van der Waals surface area contributed by atoms with E-state index in [0.29, 0.717) is 6.10 Å². The Balaban J connectivity index is 2.32. The highest BCUT2D eigenvalue weighted by Gasteiger charge is 2.21. The van der Waals surface area contributed by atoms with Gasteiger partial charge in [-0.2, -0.15) is 0 Å². The second-order valence-corrected chi connectivity index (χ2v) is 4.34. The molecule has 0 aliphatic carbocycles. The highest BCUT2D eigenvalue weighted by molar-refractivity contribution is 5.79. The molecule has 0 bridgehead atoms. The Morgan fingerprint density at radius 1 is 1.67 bits per heavy atom. The molecule has 0 amide bonds. The van der Waals surface area contributed by atoms with E-state index in [1.807, 2.05) is 13.8 Å². The third kappa shape index (κ3) is 4.18. The normalized spacial score (nSPS) is 25.1. The van der Waals surface area contributed by atoms with Crippen LogP contribution in [-0.4, -0.2) is 43.1 Å². The average Bonchev–Trinajstić information content (AvgIpc) is 2.18. The second-order valence-electron chi connectivity index (χ2n) is 4.34. The first-order valence-corrected chi connectivity index (χ1v) is 5.81. The van der Waals surface area contributed by atoms with Crippen LogP contribution in [0.25, 0.3) is 0 Å². The van der Waals surface area contributed by atoms with Gasteiger partial charge >= 0.3 is 0 Å². The lowest BCUT2D eigenvalue weighted by molar-refractivity contribution is 0.00437. The maximum atomic E-state index is 7.37. The molecule has 2 unspecified atom stereocenters. The number of amidine groups is 1. The van der Waals surface area contributed by atoms with Crippen LogP contribution in [0.3, 0.4) is 0 Å². The lowest BCUT2D eigenvalue weighted by Crippen LogP contribution is -2.43. The molecule has 2 atom stereocenters. The number of hydrogen-bond acceptors (Lipinski definition) is 3. The minimum absolute atomic E-state index is 0.158. The quantitative estimate of drug-likeness (QED) is 0.530. The fraction of sp³-hybridized carbons (Fsp3) is 0.909. The van der Waals surface area contributed by atoms with E-state index in [-0.39, 0.29) is 11.8 Å². The minimum Gasteiger partial charge on any atom is -0.387 e. The number of nitrogens with one attached hydrogen (secondary N) is 1. The highest BCUT2D eigenvalue weighted by Crippen LogP contribution is 2.14. The van der Waals surface area contributed by atoms with Crippen LogP contribution in [0, 0.1) is 11.3 Å². The van der Waals surface area contributed by atoms with Crippen molar-refractivity contribution in [2.45, 2.75) is 32.8 Å². The first-order valence-electron chi connectivity index (χ1n) is 5.81. The van der Waals surface area contributed by atoms with E-state index in [1.54, 1.807) is 0 Å². The van der Waals surface area contributed by atoms with Gasteiger partial charge in [0.1, 0.15) is 0 Å². The molecule has 0 aromatic heterocycles. The molecule has 88 valence electrons. The average molecular weight is 213 g/mol. The molecule has 0 saturated carbocycles. The van der Waals surface area contributed by atoms with Crippen LogP contribution in [0.15, 0.2) is 0 Å². The molecule has 15 heavy (non-hydrogen) atoms. The van der Waals surface area contributed by atoms with Crippen molar-refractivity contribution in [1.29, 1.82) is 5.41 Å². The molecular formula is C11H23N3O. The van der Waals surface area contributed by atoms with Gasteiger partial charge in [-0.3, -0.25) is 5.41 Å². The first kappa shape index (κ1) is 12.5. The van der Waals surface area contributed by atoms with Crippen molar-refractivity contribution in [3.63, 3.8) is 0 Å². The number of nitrogens with two attached hydrogens (primary N) is 1. The van der Waals surface area contributed by atoms with Gasteiger partial charge < -0.3 is 15.4 Å². The summed E-state index contributed by atoms with van der Waals surface area (Å²) in [5, 5.41) is 7.37. The highest BCUT2D eigenvalue weighted by atomic mass is 16.5. The summed E-state index contributed by atoms with van der Waals surface area (Å²) in [6.45, 7) is 7.83. The van der Waals surface area contributed by atoms with Crippen molar-refractivity contribution in [3.8, 4) is 0 Å². The van der Waals surface area contributed by atoms with Crippen LogP contribution < -0.4 is 5.73 Å². The van der Waals surface area contributed by atoms with Gasteiger partial charge in [0.05, 0.1) is 11.9 Å². The molecule has 1 aliphatic heterocycles. The molecular weight excluding hydrogens is 190 g/mol. The van der Waals surface area contributed by atoms with Gasteiger partial charge in [0, 0.05) is 25.6 Å².